The highest BCUT2D eigenvalue weighted by Crippen LogP contribution is 2.25. The highest BCUT2D eigenvalue weighted by atomic mass is 16.6. The number of anilines is 1. The van der Waals surface area contributed by atoms with Crippen molar-refractivity contribution in [3.63, 3.8) is 0 Å². The van der Waals surface area contributed by atoms with Crippen LogP contribution in [-0.2, 0) is 9.53 Å². The van der Waals surface area contributed by atoms with Gasteiger partial charge in [-0.3, -0.25) is 4.90 Å². The average molecular weight is 264 g/mol. The molecule has 0 bridgehead atoms. The smallest absolute Gasteiger partial charge is 0.349 e. The van der Waals surface area contributed by atoms with Gasteiger partial charge < -0.3 is 15.6 Å². The second kappa shape index (κ2) is 5.27. The summed E-state index contributed by atoms with van der Waals surface area (Å²) in [5.74, 6) is -1.83. The maximum atomic E-state index is 11.8. The highest BCUT2D eigenvalue weighted by Gasteiger charge is 2.31. The van der Waals surface area contributed by atoms with Gasteiger partial charge in [-0.15, -0.1) is 0 Å². The monoisotopic (exact) mass is 264 g/mol. The van der Waals surface area contributed by atoms with E-state index in [1.807, 2.05) is 4.90 Å². The summed E-state index contributed by atoms with van der Waals surface area (Å²) in [5, 5.41) is 9.65. The minimum absolute atomic E-state index is 0.0693. The van der Waals surface area contributed by atoms with Crippen molar-refractivity contribution in [1.29, 1.82) is 0 Å². The Hall–Kier alpha value is -2.08. The van der Waals surface area contributed by atoms with Gasteiger partial charge in [0.1, 0.15) is 11.6 Å². The van der Waals surface area contributed by atoms with Crippen molar-refractivity contribution >= 4 is 17.6 Å². The van der Waals surface area contributed by atoms with Crippen molar-refractivity contribution < 1.29 is 19.4 Å². The molecule has 0 radical (unpaired) electrons. The molecule has 1 fully saturated rings. The Kier molecular flexibility index (Phi) is 3.71. The van der Waals surface area contributed by atoms with Gasteiger partial charge in [0.2, 0.25) is 0 Å². The Morgan fingerprint density at radius 1 is 1.47 bits per heavy atom. The number of likely N-dealkylation sites (N-methyl/N-ethyl adjacent to an activating group) is 1. The van der Waals surface area contributed by atoms with Crippen LogP contribution in [0.15, 0.2) is 18.2 Å². The van der Waals surface area contributed by atoms with Crippen molar-refractivity contribution in [3.05, 3.63) is 23.8 Å². The normalized spacial score (nSPS) is 19.3. The molecule has 0 aliphatic carbocycles. The second-order valence-corrected chi connectivity index (χ2v) is 4.59. The molecule has 0 amide bonds. The number of benzene rings is 1. The quantitative estimate of drug-likeness (QED) is 0.354. The van der Waals surface area contributed by atoms with E-state index in [-0.39, 0.29) is 17.0 Å². The van der Waals surface area contributed by atoms with E-state index in [1.165, 1.54) is 18.2 Å². The van der Waals surface area contributed by atoms with E-state index in [0.717, 1.165) is 13.0 Å². The van der Waals surface area contributed by atoms with Gasteiger partial charge in [-0.25, -0.2) is 9.59 Å². The van der Waals surface area contributed by atoms with Crippen LogP contribution in [0.4, 0.5) is 5.69 Å². The van der Waals surface area contributed by atoms with Crippen LogP contribution in [0.5, 0.6) is 5.75 Å². The Bertz CT molecular complexity index is 515. The Labute approximate surface area is 110 Å². The third kappa shape index (κ3) is 2.68. The number of rotatable bonds is 2. The number of phenolic OH excluding ortho intramolecular Hbond substituents is 1. The number of hydrogen-bond acceptors (Lipinski definition) is 6. The number of nitrogens with zero attached hydrogens (tertiary/aromatic N) is 1. The molecule has 102 valence electrons. The van der Waals surface area contributed by atoms with Crippen molar-refractivity contribution in [2.45, 2.75) is 18.9 Å². The zero-order valence-corrected chi connectivity index (χ0v) is 10.6. The number of phenols is 1. The zero-order chi connectivity index (χ0) is 14.0. The largest absolute Gasteiger partial charge is 0.505 e. The van der Waals surface area contributed by atoms with Crippen LogP contribution in [0.3, 0.4) is 0 Å². The molecule has 0 spiro atoms. The lowest BCUT2D eigenvalue weighted by molar-refractivity contribution is -0.142. The summed E-state index contributed by atoms with van der Waals surface area (Å²) < 4.78 is 4.79. The summed E-state index contributed by atoms with van der Waals surface area (Å²) in [6, 6.07) is 3.93. The van der Waals surface area contributed by atoms with E-state index in [1.54, 1.807) is 7.05 Å². The highest BCUT2D eigenvalue weighted by molar-refractivity contribution is 6.01. The summed E-state index contributed by atoms with van der Waals surface area (Å²) in [6.07, 6.45) is 1.57. The molecule has 1 saturated heterocycles. The van der Waals surface area contributed by atoms with Gasteiger partial charge in [0, 0.05) is 0 Å². The minimum atomic E-state index is -0.880. The fourth-order valence-electron chi connectivity index (χ4n) is 2.15. The molecule has 6 heteroatoms. The third-order valence-corrected chi connectivity index (χ3v) is 3.27. The van der Waals surface area contributed by atoms with Crippen molar-refractivity contribution in [2.24, 2.45) is 0 Å². The van der Waals surface area contributed by atoms with Crippen molar-refractivity contribution in [2.75, 3.05) is 19.3 Å². The maximum Gasteiger partial charge on any atom is 0.349 e. The molecule has 1 aliphatic heterocycles. The Balaban J connectivity index is 2.09. The van der Waals surface area contributed by atoms with Crippen molar-refractivity contribution in [3.8, 4) is 5.75 Å². The molecular formula is C13H16N2O4. The van der Waals surface area contributed by atoms with Gasteiger partial charge in [-0.05, 0) is 38.6 Å². The maximum absolute atomic E-state index is 11.8. The van der Waals surface area contributed by atoms with E-state index >= 15 is 0 Å². The SMILES string of the molecule is CN1CCC[C@@H]1C(=O)OC(=O)c1cccc(N)c1O. The first-order chi connectivity index (χ1) is 9.00. The standard InChI is InChI=1S/C13H16N2O4/c1-15-7-3-6-10(15)13(18)19-12(17)8-4-2-5-9(14)11(8)16/h2,4-5,10,16H,3,6-7,14H2,1H3/t10-/m1/s1. The number of nitrogen functional groups attached to an aromatic ring is 1. The predicted molar refractivity (Wildman–Crippen MR) is 68.6 cm³/mol. The molecule has 3 N–H and O–H groups in total. The number of ether oxygens (including phenoxy) is 1. The topological polar surface area (TPSA) is 92.9 Å². The molecule has 19 heavy (non-hydrogen) atoms. The number of nitrogens with two attached hydrogens (primary N) is 1. The number of esters is 2. The van der Waals surface area contributed by atoms with Crippen LogP contribution in [-0.4, -0.2) is 41.6 Å². The van der Waals surface area contributed by atoms with Crippen LogP contribution in [0.1, 0.15) is 23.2 Å². The lowest BCUT2D eigenvalue weighted by Gasteiger charge is -2.17. The predicted octanol–water partition coefficient (Wildman–Crippen LogP) is 0.752. The number of aromatic hydroxyl groups is 1. The molecule has 0 saturated carbocycles. The number of para-hydroxylation sites is 1. The van der Waals surface area contributed by atoms with Crippen LogP contribution in [0, 0.1) is 0 Å². The van der Waals surface area contributed by atoms with E-state index in [0.29, 0.717) is 6.42 Å². The summed E-state index contributed by atoms with van der Waals surface area (Å²) in [7, 11) is 1.81. The van der Waals surface area contributed by atoms with Crippen LogP contribution < -0.4 is 5.73 Å². The van der Waals surface area contributed by atoms with Crippen LogP contribution in [0.25, 0.3) is 0 Å². The number of carbonyl (C=O) groups excluding carboxylic acids is 2. The lowest BCUT2D eigenvalue weighted by atomic mass is 10.1. The molecule has 1 aliphatic rings. The van der Waals surface area contributed by atoms with Crippen molar-refractivity contribution in [1.82, 2.24) is 4.90 Å². The third-order valence-electron chi connectivity index (χ3n) is 3.27. The van der Waals surface area contributed by atoms with Gasteiger partial charge in [0.05, 0.1) is 5.69 Å². The van der Waals surface area contributed by atoms with Gasteiger partial charge >= 0.3 is 11.9 Å². The van der Waals surface area contributed by atoms with Gasteiger partial charge in [-0.1, -0.05) is 6.07 Å². The molecule has 1 heterocycles. The molecular weight excluding hydrogens is 248 g/mol. The molecule has 0 unspecified atom stereocenters. The second-order valence-electron chi connectivity index (χ2n) is 4.59. The first-order valence-corrected chi connectivity index (χ1v) is 6.04. The molecule has 1 atom stereocenters. The lowest BCUT2D eigenvalue weighted by Crippen LogP contribution is -2.35. The van der Waals surface area contributed by atoms with Gasteiger partial charge in [-0.2, -0.15) is 0 Å². The summed E-state index contributed by atoms with van der Waals surface area (Å²) in [4.78, 5) is 25.5. The average Bonchev–Trinajstić information content (AvgIpc) is 2.79. The van der Waals surface area contributed by atoms with Gasteiger partial charge in [0.25, 0.3) is 0 Å². The molecule has 0 aromatic heterocycles. The first-order valence-electron chi connectivity index (χ1n) is 6.04. The molecule has 1 aromatic carbocycles. The van der Waals surface area contributed by atoms with E-state index in [9.17, 15) is 14.7 Å². The van der Waals surface area contributed by atoms with E-state index in [4.69, 9.17) is 10.5 Å². The summed E-state index contributed by atoms with van der Waals surface area (Å²) >= 11 is 0. The fraction of sp³-hybridized carbons (Fsp3) is 0.385. The number of carbonyl (C=O) groups is 2. The Morgan fingerprint density at radius 2 is 2.21 bits per heavy atom. The fourth-order valence-corrected chi connectivity index (χ4v) is 2.15. The first kappa shape index (κ1) is 13.4. The minimum Gasteiger partial charge on any atom is -0.505 e. The van der Waals surface area contributed by atoms with E-state index < -0.39 is 18.0 Å². The number of hydrogen-bond donors (Lipinski definition) is 2. The molecule has 6 nitrogen and oxygen atoms in total. The van der Waals surface area contributed by atoms with E-state index in [2.05, 4.69) is 0 Å². The van der Waals surface area contributed by atoms with Crippen LogP contribution in [0.2, 0.25) is 0 Å². The Morgan fingerprint density at radius 3 is 2.84 bits per heavy atom. The van der Waals surface area contributed by atoms with Crippen LogP contribution >= 0.6 is 0 Å². The van der Waals surface area contributed by atoms with Gasteiger partial charge in [0.15, 0.2) is 5.75 Å². The zero-order valence-electron chi connectivity index (χ0n) is 10.6. The molecule has 2 rings (SSSR count). The summed E-state index contributed by atoms with van der Waals surface area (Å²) in [5.41, 5.74) is 5.45. The number of likely N-dealkylation sites (tertiary alicyclic amines) is 1. The summed E-state index contributed by atoms with van der Waals surface area (Å²) in [6.45, 7) is 0.803. The molecule has 1 aromatic rings.